The maximum atomic E-state index is 13.7. The van der Waals surface area contributed by atoms with E-state index in [0.717, 1.165) is 41.1 Å². The van der Waals surface area contributed by atoms with Gasteiger partial charge < -0.3 is 10.2 Å². The Bertz CT molecular complexity index is 1330. The lowest BCUT2D eigenvalue weighted by molar-refractivity contribution is -0.122. The first-order valence-electron chi connectivity index (χ1n) is 11.6. The number of amides is 1. The number of anilines is 5. The fraction of sp³-hybridized carbons (Fsp3) is 0.308. The number of carbonyl (C=O) groups is 1. The Morgan fingerprint density at radius 3 is 2.65 bits per heavy atom. The van der Waals surface area contributed by atoms with Gasteiger partial charge >= 0.3 is 0 Å². The first kappa shape index (κ1) is 21.9. The lowest BCUT2D eigenvalue weighted by Crippen LogP contribution is -2.59. The molecular formula is C26H29N7O. The molecule has 1 aliphatic rings. The molecule has 2 N–H and O–H groups in total. The second kappa shape index (κ2) is 8.44. The van der Waals surface area contributed by atoms with Gasteiger partial charge in [0.2, 0.25) is 5.95 Å². The van der Waals surface area contributed by atoms with Crippen molar-refractivity contribution in [3.63, 3.8) is 0 Å². The van der Waals surface area contributed by atoms with Crippen LogP contribution >= 0.6 is 0 Å². The van der Waals surface area contributed by atoms with E-state index < -0.39 is 5.54 Å². The van der Waals surface area contributed by atoms with E-state index in [-0.39, 0.29) is 5.91 Å². The summed E-state index contributed by atoms with van der Waals surface area (Å²) in [5.74, 6) is 1.73. The number of aromatic amines is 1. The fourth-order valence-corrected chi connectivity index (χ4v) is 4.30. The Balaban J connectivity index is 1.58. The first-order chi connectivity index (χ1) is 16.3. The third-order valence-electron chi connectivity index (χ3n) is 6.29. The topological polar surface area (TPSA) is 90.0 Å². The number of benzene rings is 2. The van der Waals surface area contributed by atoms with Gasteiger partial charge in [0.1, 0.15) is 11.2 Å². The molecule has 0 bridgehead atoms. The zero-order valence-corrected chi connectivity index (χ0v) is 19.9. The van der Waals surface area contributed by atoms with Gasteiger partial charge in [-0.25, -0.2) is 4.98 Å². The molecule has 0 aliphatic carbocycles. The number of carbonyl (C=O) groups excluding carboxylic acids is 1. The summed E-state index contributed by atoms with van der Waals surface area (Å²) in [6.07, 6.45) is 4.47. The van der Waals surface area contributed by atoms with Crippen molar-refractivity contribution in [2.45, 2.75) is 39.7 Å². The number of hydrogen-bond acceptors (Lipinski definition) is 6. The molecule has 0 saturated heterocycles. The van der Waals surface area contributed by atoms with Crippen LogP contribution in [0.3, 0.4) is 0 Å². The maximum Gasteiger partial charge on any atom is 0.257 e. The standard InChI is InChI=1S/C26H29N7O/c1-17(2)12-13-32-23-22(33(24(34)26(32,3)4)20-8-6-5-7-9-20)16-27-25(30-23)29-19-10-11-21-18(14-19)15-28-31-21/h5-11,14-17H,12-13H2,1-4H3,(H,28,31)(H,27,29,30). The number of aromatic nitrogens is 4. The number of rotatable bonds is 6. The van der Waals surface area contributed by atoms with Crippen LogP contribution in [0.5, 0.6) is 0 Å². The molecule has 0 atom stereocenters. The molecule has 4 aromatic rings. The molecule has 0 radical (unpaired) electrons. The van der Waals surface area contributed by atoms with E-state index in [4.69, 9.17) is 4.98 Å². The average Bonchev–Trinajstić information content (AvgIpc) is 3.28. The van der Waals surface area contributed by atoms with Crippen LogP contribution in [0.1, 0.15) is 34.1 Å². The summed E-state index contributed by atoms with van der Waals surface area (Å²) in [4.78, 5) is 27.1. The van der Waals surface area contributed by atoms with Gasteiger partial charge in [0.05, 0.1) is 17.9 Å². The van der Waals surface area contributed by atoms with Crippen molar-refractivity contribution in [2.75, 3.05) is 21.7 Å². The molecule has 0 saturated carbocycles. The molecule has 8 nitrogen and oxygen atoms in total. The first-order valence-corrected chi connectivity index (χ1v) is 11.6. The van der Waals surface area contributed by atoms with Crippen molar-refractivity contribution in [3.8, 4) is 0 Å². The van der Waals surface area contributed by atoms with Crippen LogP contribution in [0, 0.1) is 5.92 Å². The van der Waals surface area contributed by atoms with E-state index in [9.17, 15) is 4.79 Å². The van der Waals surface area contributed by atoms with E-state index in [0.29, 0.717) is 17.6 Å². The zero-order valence-electron chi connectivity index (χ0n) is 19.9. The minimum Gasteiger partial charge on any atom is -0.340 e. The third-order valence-corrected chi connectivity index (χ3v) is 6.29. The summed E-state index contributed by atoms with van der Waals surface area (Å²) in [7, 11) is 0. The Labute approximate surface area is 199 Å². The summed E-state index contributed by atoms with van der Waals surface area (Å²) in [6.45, 7) is 9.04. The van der Waals surface area contributed by atoms with Crippen molar-refractivity contribution in [1.82, 2.24) is 20.2 Å². The number of fused-ring (bicyclic) bond motifs is 2. The van der Waals surface area contributed by atoms with Crippen molar-refractivity contribution < 1.29 is 4.79 Å². The highest BCUT2D eigenvalue weighted by Gasteiger charge is 2.46. The lowest BCUT2D eigenvalue weighted by atomic mass is 9.95. The number of H-pyrrole nitrogens is 1. The molecule has 1 amide bonds. The monoisotopic (exact) mass is 455 g/mol. The number of para-hydroxylation sites is 1. The molecule has 3 heterocycles. The highest BCUT2D eigenvalue weighted by Crippen LogP contribution is 2.43. The van der Waals surface area contributed by atoms with Crippen LogP contribution in [-0.2, 0) is 4.79 Å². The smallest absolute Gasteiger partial charge is 0.257 e. The summed E-state index contributed by atoms with van der Waals surface area (Å²) < 4.78 is 0. The van der Waals surface area contributed by atoms with Gasteiger partial charge in [-0.2, -0.15) is 10.1 Å². The van der Waals surface area contributed by atoms with Crippen molar-refractivity contribution >= 4 is 45.6 Å². The van der Waals surface area contributed by atoms with Gasteiger partial charge in [-0.05, 0) is 56.5 Å². The van der Waals surface area contributed by atoms with Crippen LogP contribution in [0.15, 0.2) is 60.9 Å². The predicted octanol–water partition coefficient (Wildman–Crippen LogP) is 5.41. The van der Waals surface area contributed by atoms with E-state index in [1.807, 2.05) is 62.4 Å². The summed E-state index contributed by atoms with van der Waals surface area (Å²) in [5.41, 5.74) is 2.57. The zero-order chi connectivity index (χ0) is 23.9. The average molecular weight is 456 g/mol. The van der Waals surface area contributed by atoms with Crippen LogP contribution < -0.4 is 15.1 Å². The SMILES string of the molecule is CC(C)CCN1c2nc(Nc3ccc4[nH]ncc4c3)ncc2N(c2ccccc2)C(=O)C1(C)C. The molecule has 34 heavy (non-hydrogen) atoms. The fourth-order valence-electron chi connectivity index (χ4n) is 4.30. The van der Waals surface area contributed by atoms with Gasteiger partial charge in [0.25, 0.3) is 5.91 Å². The van der Waals surface area contributed by atoms with Crippen molar-refractivity contribution in [1.29, 1.82) is 0 Å². The van der Waals surface area contributed by atoms with Gasteiger partial charge in [0.15, 0.2) is 5.82 Å². The normalized spacial score (nSPS) is 15.1. The van der Waals surface area contributed by atoms with Crippen LogP contribution in [0.4, 0.5) is 28.8 Å². The largest absolute Gasteiger partial charge is 0.340 e. The maximum absolute atomic E-state index is 13.7. The summed E-state index contributed by atoms with van der Waals surface area (Å²) in [6, 6.07) is 15.6. The highest BCUT2D eigenvalue weighted by atomic mass is 16.2. The minimum atomic E-state index is -0.765. The van der Waals surface area contributed by atoms with Crippen molar-refractivity contribution in [2.24, 2.45) is 5.92 Å². The molecule has 2 aromatic heterocycles. The molecular weight excluding hydrogens is 426 g/mol. The summed E-state index contributed by atoms with van der Waals surface area (Å²) in [5, 5.41) is 11.4. The molecule has 5 rings (SSSR count). The molecule has 1 aliphatic heterocycles. The highest BCUT2D eigenvalue weighted by molar-refractivity contribution is 6.12. The van der Waals surface area contributed by atoms with Gasteiger partial charge in [0, 0.05) is 23.3 Å². The van der Waals surface area contributed by atoms with E-state index >= 15 is 0 Å². The van der Waals surface area contributed by atoms with Crippen LogP contribution in [0.2, 0.25) is 0 Å². The Kier molecular flexibility index (Phi) is 5.43. The van der Waals surface area contributed by atoms with Gasteiger partial charge in [-0.1, -0.05) is 32.0 Å². The molecule has 0 fully saturated rings. The quantitative estimate of drug-likeness (QED) is 0.404. The third kappa shape index (κ3) is 3.85. The lowest BCUT2D eigenvalue weighted by Gasteiger charge is -2.47. The number of nitrogens with one attached hydrogen (secondary N) is 2. The second-order valence-electron chi connectivity index (χ2n) is 9.57. The van der Waals surface area contributed by atoms with Crippen LogP contribution in [0.25, 0.3) is 10.9 Å². The van der Waals surface area contributed by atoms with E-state index in [1.165, 1.54) is 0 Å². The van der Waals surface area contributed by atoms with Gasteiger partial charge in [-0.15, -0.1) is 0 Å². The number of nitrogens with zero attached hydrogens (tertiary/aromatic N) is 5. The Morgan fingerprint density at radius 1 is 1.09 bits per heavy atom. The number of hydrogen-bond donors (Lipinski definition) is 2. The molecule has 174 valence electrons. The van der Waals surface area contributed by atoms with E-state index in [1.54, 1.807) is 17.3 Å². The summed E-state index contributed by atoms with van der Waals surface area (Å²) >= 11 is 0. The second-order valence-corrected chi connectivity index (χ2v) is 9.57. The molecule has 2 aromatic carbocycles. The Hall–Kier alpha value is -3.94. The predicted molar refractivity (Wildman–Crippen MR) is 136 cm³/mol. The molecule has 0 spiro atoms. The minimum absolute atomic E-state index is 0.00433. The molecule has 8 heteroatoms. The van der Waals surface area contributed by atoms with Crippen LogP contribution in [-0.4, -0.2) is 38.2 Å². The van der Waals surface area contributed by atoms with Gasteiger partial charge in [-0.3, -0.25) is 14.8 Å². The van der Waals surface area contributed by atoms with Crippen molar-refractivity contribution in [3.05, 3.63) is 60.9 Å². The molecule has 0 unspecified atom stereocenters. The van der Waals surface area contributed by atoms with E-state index in [2.05, 4.69) is 39.2 Å². The Morgan fingerprint density at radius 2 is 1.88 bits per heavy atom.